The van der Waals surface area contributed by atoms with Crippen molar-refractivity contribution in [2.75, 3.05) is 0 Å². The van der Waals surface area contributed by atoms with Crippen LogP contribution in [0.2, 0.25) is 0 Å². The molecule has 0 unspecified atom stereocenters. The molecular weight excluding hydrogens is 372 g/mol. The van der Waals surface area contributed by atoms with Crippen molar-refractivity contribution in [1.82, 2.24) is 30.0 Å². The number of nitrogens with zero attached hydrogens (tertiary/aromatic N) is 6. The Morgan fingerprint density at radius 1 is 1.24 bits per heavy atom. The van der Waals surface area contributed by atoms with Crippen molar-refractivity contribution in [3.8, 4) is 11.4 Å². The van der Waals surface area contributed by atoms with Crippen molar-refractivity contribution in [2.24, 2.45) is 24.8 Å². The maximum atomic E-state index is 12.5. The van der Waals surface area contributed by atoms with E-state index in [1.54, 1.807) is 14.0 Å². The van der Waals surface area contributed by atoms with Crippen LogP contribution >= 0.6 is 0 Å². The largest absolute Gasteiger partial charge is 0.461 e. The number of ether oxygens (including phenoxy) is 1. The third kappa shape index (κ3) is 4.54. The summed E-state index contributed by atoms with van der Waals surface area (Å²) in [5, 5.41) is 16.3. The van der Waals surface area contributed by atoms with Crippen LogP contribution < -0.4 is 5.56 Å². The van der Waals surface area contributed by atoms with Crippen LogP contribution in [0.4, 0.5) is 0 Å². The van der Waals surface area contributed by atoms with Crippen molar-refractivity contribution in [1.29, 1.82) is 0 Å². The zero-order valence-electron chi connectivity index (χ0n) is 18.0. The molecule has 1 aliphatic carbocycles. The average Bonchev–Trinajstić information content (AvgIpc) is 3.08. The molecule has 9 nitrogen and oxygen atoms in total. The van der Waals surface area contributed by atoms with Crippen LogP contribution in [0.1, 0.15) is 51.3 Å². The van der Waals surface area contributed by atoms with E-state index in [2.05, 4.69) is 41.3 Å². The van der Waals surface area contributed by atoms with Gasteiger partial charge in [-0.15, -0.1) is 10.2 Å². The highest BCUT2D eigenvalue weighted by Gasteiger charge is 2.33. The quantitative estimate of drug-likeness (QED) is 0.705. The molecule has 9 heteroatoms. The van der Waals surface area contributed by atoms with Gasteiger partial charge in [-0.05, 0) is 55.2 Å². The third-order valence-corrected chi connectivity index (χ3v) is 5.92. The van der Waals surface area contributed by atoms with Crippen molar-refractivity contribution >= 4 is 5.97 Å². The molecule has 1 saturated carbocycles. The van der Waals surface area contributed by atoms with E-state index < -0.39 is 0 Å². The monoisotopic (exact) mass is 402 g/mol. The average molecular weight is 402 g/mol. The Labute approximate surface area is 170 Å². The van der Waals surface area contributed by atoms with Crippen LogP contribution in [-0.2, 0) is 23.1 Å². The molecule has 2 aromatic rings. The van der Waals surface area contributed by atoms with Crippen molar-refractivity contribution < 1.29 is 9.53 Å². The Hall–Kier alpha value is -2.58. The highest BCUT2D eigenvalue weighted by atomic mass is 16.5. The Balaban J connectivity index is 1.74. The van der Waals surface area contributed by atoms with Crippen molar-refractivity contribution in [2.45, 2.75) is 66.5 Å². The van der Waals surface area contributed by atoms with Crippen LogP contribution in [0.3, 0.4) is 0 Å². The van der Waals surface area contributed by atoms with Gasteiger partial charge in [0.1, 0.15) is 6.10 Å². The first-order valence-electron chi connectivity index (χ1n) is 10.2. The predicted octanol–water partition coefficient (Wildman–Crippen LogP) is 2.05. The summed E-state index contributed by atoms with van der Waals surface area (Å²) in [6, 6.07) is 0. The van der Waals surface area contributed by atoms with E-state index in [1.807, 2.05) is 6.92 Å². The van der Waals surface area contributed by atoms with Crippen molar-refractivity contribution in [3.63, 3.8) is 0 Å². The Kier molecular flexibility index (Phi) is 6.14. The Morgan fingerprint density at radius 3 is 2.66 bits per heavy atom. The van der Waals surface area contributed by atoms with Crippen LogP contribution in [-0.4, -0.2) is 42.1 Å². The van der Waals surface area contributed by atoms with E-state index in [4.69, 9.17) is 4.74 Å². The number of aryl methyl sites for hydroxylation is 2. The molecular formula is C20H30N6O3. The van der Waals surface area contributed by atoms with Gasteiger partial charge >= 0.3 is 5.97 Å². The second-order valence-corrected chi connectivity index (χ2v) is 8.51. The fraction of sp³-hybridized carbons (Fsp3) is 0.700. The van der Waals surface area contributed by atoms with Crippen LogP contribution in [0.25, 0.3) is 11.4 Å². The Bertz CT molecular complexity index is 948. The molecule has 0 saturated heterocycles. The highest BCUT2D eigenvalue weighted by molar-refractivity contribution is 5.69. The summed E-state index contributed by atoms with van der Waals surface area (Å²) in [7, 11) is 1.58. The summed E-state index contributed by atoms with van der Waals surface area (Å²) in [4.78, 5) is 26.2. The minimum Gasteiger partial charge on any atom is -0.461 e. The molecule has 3 rings (SSSR count). The van der Waals surface area contributed by atoms with Gasteiger partial charge in [0.15, 0.2) is 6.54 Å². The van der Waals surface area contributed by atoms with E-state index in [9.17, 15) is 9.59 Å². The summed E-state index contributed by atoms with van der Waals surface area (Å²) in [6.45, 7) is 10.0. The molecule has 29 heavy (non-hydrogen) atoms. The van der Waals surface area contributed by atoms with Gasteiger partial charge < -0.3 is 4.74 Å². The molecule has 2 aromatic heterocycles. The fourth-order valence-electron chi connectivity index (χ4n) is 4.09. The molecule has 0 bridgehead atoms. The lowest BCUT2D eigenvalue weighted by molar-refractivity contribution is -0.157. The van der Waals surface area contributed by atoms with Gasteiger partial charge in [-0.2, -0.15) is 9.90 Å². The number of rotatable bonds is 5. The number of carbonyl (C=O) groups is 1. The zero-order valence-corrected chi connectivity index (χ0v) is 18.0. The van der Waals surface area contributed by atoms with E-state index >= 15 is 0 Å². The maximum Gasteiger partial charge on any atom is 0.330 e. The number of hydrogen-bond acceptors (Lipinski definition) is 7. The van der Waals surface area contributed by atoms with Crippen LogP contribution in [0, 0.1) is 31.6 Å². The standard InChI is InChI=1S/C20H30N6O3/c1-11(2)15-8-7-12(3)9-16(15)29-17(27)10-26-23-19(21-24-26)18-13(4)14(5)22-25(6)20(18)28/h11-12,15-16H,7-10H2,1-6H3/t12-,15+,16+/m0/s1. The topological polar surface area (TPSA) is 105 Å². The number of tetrazole rings is 1. The van der Waals surface area contributed by atoms with Crippen LogP contribution in [0.15, 0.2) is 4.79 Å². The van der Waals surface area contributed by atoms with Crippen molar-refractivity contribution in [3.05, 3.63) is 21.6 Å². The van der Waals surface area contributed by atoms with Gasteiger partial charge in [-0.3, -0.25) is 4.79 Å². The second kappa shape index (κ2) is 8.42. The normalized spacial score (nSPS) is 22.1. The maximum absolute atomic E-state index is 12.5. The van der Waals surface area contributed by atoms with E-state index in [-0.39, 0.29) is 30.0 Å². The molecule has 2 heterocycles. The van der Waals surface area contributed by atoms with E-state index in [1.165, 1.54) is 15.9 Å². The molecule has 1 aliphatic rings. The van der Waals surface area contributed by atoms with E-state index in [0.29, 0.717) is 34.6 Å². The Morgan fingerprint density at radius 2 is 1.97 bits per heavy atom. The van der Waals surface area contributed by atoms with Gasteiger partial charge in [0, 0.05) is 7.05 Å². The number of esters is 1. The number of carbonyl (C=O) groups excluding carboxylic acids is 1. The van der Waals surface area contributed by atoms with Gasteiger partial charge in [0.05, 0.1) is 11.3 Å². The second-order valence-electron chi connectivity index (χ2n) is 8.51. The molecule has 0 N–H and O–H groups in total. The van der Waals surface area contributed by atoms with Gasteiger partial charge in [0.2, 0.25) is 5.82 Å². The molecule has 3 atom stereocenters. The molecule has 0 radical (unpaired) electrons. The first-order valence-corrected chi connectivity index (χ1v) is 10.2. The summed E-state index contributed by atoms with van der Waals surface area (Å²) in [5.74, 6) is 1.19. The number of aromatic nitrogens is 6. The van der Waals surface area contributed by atoms with Gasteiger partial charge in [-0.1, -0.05) is 27.2 Å². The number of hydrogen-bond donors (Lipinski definition) is 0. The summed E-state index contributed by atoms with van der Waals surface area (Å²) < 4.78 is 7.05. The third-order valence-electron chi connectivity index (χ3n) is 5.92. The SMILES string of the molecule is Cc1nn(C)c(=O)c(-c2nnn(CC(=O)O[C@@H]3C[C@@H](C)CC[C@@H]3C(C)C)n2)c1C. The zero-order chi connectivity index (χ0) is 21.3. The molecule has 0 aliphatic heterocycles. The van der Waals surface area contributed by atoms with Gasteiger partial charge in [0.25, 0.3) is 5.56 Å². The smallest absolute Gasteiger partial charge is 0.330 e. The van der Waals surface area contributed by atoms with Crippen LogP contribution in [0.5, 0.6) is 0 Å². The molecule has 0 aromatic carbocycles. The molecule has 0 amide bonds. The minimum absolute atomic E-state index is 0.0772. The first kappa shape index (κ1) is 21.1. The molecule has 0 spiro atoms. The first-order chi connectivity index (χ1) is 13.7. The fourth-order valence-corrected chi connectivity index (χ4v) is 4.09. The highest BCUT2D eigenvalue weighted by Crippen LogP contribution is 2.35. The lowest BCUT2D eigenvalue weighted by Crippen LogP contribution is -2.36. The molecule has 158 valence electrons. The van der Waals surface area contributed by atoms with E-state index in [0.717, 1.165) is 12.8 Å². The predicted molar refractivity (Wildman–Crippen MR) is 107 cm³/mol. The lowest BCUT2D eigenvalue weighted by atomic mass is 9.75. The van der Waals surface area contributed by atoms with Gasteiger partial charge in [-0.25, -0.2) is 9.48 Å². The summed E-state index contributed by atoms with van der Waals surface area (Å²) >= 11 is 0. The molecule has 1 fully saturated rings. The lowest BCUT2D eigenvalue weighted by Gasteiger charge is -2.36. The minimum atomic E-state index is -0.380. The summed E-state index contributed by atoms with van der Waals surface area (Å²) in [5.41, 5.74) is 1.46. The summed E-state index contributed by atoms with van der Waals surface area (Å²) in [6.07, 6.45) is 3.05.